The molecule has 11 aromatic rings. The highest BCUT2D eigenvalue weighted by Gasteiger charge is 2.36. The van der Waals surface area contributed by atoms with Crippen molar-refractivity contribution in [3.63, 3.8) is 0 Å². The third-order valence-corrected chi connectivity index (χ3v) is 13.0. The van der Waals surface area contributed by atoms with Crippen LogP contribution in [0.2, 0.25) is 0 Å². The molecule has 1 aliphatic carbocycles. The lowest BCUT2D eigenvalue weighted by atomic mass is 9.81. The molecule has 0 aliphatic heterocycles. The molecule has 272 valence electrons. The van der Waals surface area contributed by atoms with Gasteiger partial charge in [0, 0.05) is 21.9 Å². The van der Waals surface area contributed by atoms with Gasteiger partial charge in [-0.2, -0.15) is 0 Å². The first kappa shape index (κ1) is 33.0. The highest BCUT2D eigenvalue weighted by Crippen LogP contribution is 2.51. The van der Waals surface area contributed by atoms with Gasteiger partial charge in [0.2, 0.25) is 0 Å². The maximum absolute atomic E-state index is 2.47. The van der Waals surface area contributed by atoms with Crippen LogP contribution in [0.3, 0.4) is 0 Å². The molecule has 1 heterocycles. The summed E-state index contributed by atoms with van der Waals surface area (Å²) in [5.41, 5.74) is 16.3. The molecule has 0 amide bonds. The van der Waals surface area contributed by atoms with Crippen molar-refractivity contribution in [2.75, 3.05) is 0 Å². The second kappa shape index (κ2) is 12.4. The fourth-order valence-electron chi connectivity index (χ4n) is 9.96. The van der Waals surface area contributed by atoms with Crippen molar-refractivity contribution in [3.8, 4) is 50.2 Å². The first-order valence-corrected chi connectivity index (χ1v) is 20.3. The number of nitrogens with zero attached hydrogens (tertiary/aromatic N) is 1. The van der Waals surface area contributed by atoms with Crippen molar-refractivity contribution >= 4 is 54.1 Å². The molecule has 0 spiro atoms. The normalized spacial score (nSPS) is 13.1. The molecular formula is C57H39N. The van der Waals surface area contributed by atoms with Crippen molar-refractivity contribution in [3.05, 3.63) is 211 Å². The number of fused-ring (bicyclic) bond motifs is 11. The van der Waals surface area contributed by atoms with Crippen LogP contribution in [0.5, 0.6) is 0 Å². The van der Waals surface area contributed by atoms with Gasteiger partial charge in [0.15, 0.2) is 0 Å². The summed E-state index contributed by atoms with van der Waals surface area (Å²) in [5.74, 6) is 0. The van der Waals surface area contributed by atoms with Crippen LogP contribution in [0.1, 0.15) is 25.0 Å². The topological polar surface area (TPSA) is 4.93 Å². The molecule has 1 nitrogen and oxygen atoms in total. The lowest BCUT2D eigenvalue weighted by molar-refractivity contribution is 0.660. The molecule has 0 saturated heterocycles. The minimum atomic E-state index is -0.182. The predicted molar refractivity (Wildman–Crippen MR) is 247 cm³/mol. The van der Waals surface area contributed by atoms with Crippen molar-refractivity contribution in [1.29, 1.82) is 0 Å². The van der Waals surface area contributed by atoms with Crippen LogP contribution in [0, 0.1) is 0 Å². The van der Waals surface area contributed by atoms with Crippen LogP contribution < -0.4 is 0 Å². The molecule has 1 aliphatic rings. The van der Waals surface area contributed by atoms with Gasteiger partial charge >= 0.3 is 0 Å². The second-order valence-corrected chi connectivity index (χ2v) is 16.5. The van der Waals surface area contributed by atoms with Crippen LogP contribution in [-0.4, -0.2) is 4.57 Å². The summed E-state index contributed by atoms with van der Waals surface area (Å²) >= 11 is 0. The van der Waals surface area contributed by atoms with E-state index in [1.54, 1.807) is 0 Å². The molecule has 0 N–H and O–H groups in total. The van der Waals surface area contributed by atoms with E-state index in [1.807, 2.05) is 0 Å². The van der Waals surface area contributed by atoms with E-state index >= 15 is 0 Å². The van der Waals surface area contributed by atoms with E-state index < -0.39 is 0 Å². The predicted octanol–water partition coefficient (Wildman–Crippen LogP) is 15.6. The van der Waals surface area contributed by atoms with Crippen LogP contribution >= 0.6 is 0 Å². The number of hydrogen-bond acceptors (Lipinski definition) is 0. The highest BCUT2D eigenvalue weighted by molar-refractivity contribution is 6.18. The van der Waals surface area contributed by atoms with Crippen molar-refractivity contribution in [2.24, 2.45) is 0 Å². The molecule has 0 unspecified atom stereocenters. The summed E-state index contributed by atoms with van der Waals surface area (Å²) in [6.45, 7) is 4.79. The van der Waals surface area contributed by atoms with Gasteiger partial charge in [-0.15, -0.1) is 0 Å². The van der Waals surface area contributed by atoms with Crippen LogP contribution in [0.25, 0.3) is 104 Å². The molecule has 0 radical (unpaired) electrons. The Morgan fingerprint density at radius 3 is 1.45 bits per heavy atom. The van der Waals surface area contributed by atoms with Gasteiger partial charge in [-0.1, -0.05) is 166 Å². The average Bonchev–Trinajstić information content (AvgIpc) is 3.73. The fourth-order valence-corrected chi connectivity index (χ4v) is 9.96. The van der Waals surface area contributed by atoms with E-state index in [4.69, 9.17) is 0 Å². The smallest absolute Gasteiger partial charge is 0.0541 e. The number of rotatable bonds is 4. The Kier molecular flexibility index (Phi) is 7.04. The Labute approximate surface area is 338 Å². The highest BCUT2D eigenvalue weighted by atomic mass is 15.0. The van der Waals surface area contributed by atoms with E-state index in [1.165, 1.54) is 115 Å². The Hall–Kier alpha value is -7.22. The molecule has 0 atom stereocenters. The zero-order valence-electron chi connectivity index (χ0n) is 32.5. The number of aromatic nitrogens is 1. The summed E-state index contributed by atoms with van der Waals surface area (Å²) in [5, 5.41) is 10.3. The standard InChI is InChI=1S/C57H39N/c1-57(2)53-34-43(42-18-17-39-20-25-46-45-16-10-9-15-38(45)19-26-47(46)50(39)31-42)21-27-48(53)49-28-24-44(35-54(49)57)58-55-29-22-40(36-11-5-3-6-12-36)32-51(55)52-33-41(23-30-56(52)58)37-13-7-4-8-14-37/h3-35H,1-2H3. The molecule has 0 saturated carbocycles. The largest absolute Gasteiger partial charge is 0.309 e. The van der Waals surface area contributed by atoms with Crippen LogP contribution in [0.15, 0.2) is 200 Å². The Bertz CT molecular complexity index is 3360. The van der Waals surface area contributed by atoms with Crippen LogP contribution in [-0.2, 0) is 5.41 Å². The Balaban J connectivity index is 0.983. The van der Waals surface area contributed by atoms with Crippen molar-refractivity contribution in [1.82, 2.24) is 4.57 Å². The molecule has 58 heavy (non-hydrogen) atoms. The molecule has 0 fully saturated rings. The summed E-state index contributed by atoms with van der Waals surface area (Å²) in [6.07, 6.45) is 0. The van der Waals surface area contributed by atoms with E-state index in [0.717, 1.165) is 0 Å². The lowest BCUT2D eigenvalue weighted by Gasteiger charge is -2.23. The average molecular weight is 738 g/mol. The minimum Gasteiger partial charge on any atom is -0.309 e. The van der Waals surface area contributed by atoms with E-state index in [0.29, 0.717) is 0 Å². The van der Waals surface area contributed by atoms with E-state index in [-0.39, 0.29) is 5.41 Å². The third-order valence-electron chi connectivity index (χ3n) is 13.0. The van der Waals surface area contributed by atoms with Gasteiger partial charge in [0.25, 0.3) is 0 Å². The lowest BCUT2D eigenvalue weighted by Crippen LogP contribution is -2.15. The summed E-state index contributed by atoms with van der Waals surface area (Å²) in [7, 11) is 0. The Morgan fingerprint density at radius 1 is 0.310 bits per heavy atom. The first-order valence-electron chi connectivity index (χ1n) is 20.3. The quantitative estimate of drug-likeness (QED) is 0.159. The number of hydrogen-bond donors (Lipinski definition) is 0. The monoisotopic (exact) mass is 737 g/mol. The summed E-state index contributed by atoms with van der Waals surface area (Å²) in [4.78, 5) is 0. The van der Waals surface area contributed by atoms with Crippen molar-refractivity contribution in [2.45, 2.75) is 19.3 Å². The zero-order chi connectivity index (χ0) is 38.5. The van der Waals surface area contributed by atoms with Crippen molar-refractivity contribution < 1.29 is 0 Å². The van der Waals surface area contributed by atoms with Gasteiger partial charge in [-0.3, -0.25) is 0 Å². The molecular weight excluding hydrogens is 699 g/mol. The molecule has 1 heteroatoms. The van der Waals surface area contributed by atoms with Gasteiger partial charge in [0.1, 0.15) is 0 Å². The second-order valence-electron chi connectivity index (χ2n) is 16.5. The Morgan fingerprint density at radius 2 is 0.776 bits per heavy atom. The summed E-state index contributed by atoms with van der Waals surface area (Å²) in [6, 6.07) is 74.4. The third kappa shape index (κ3) is 4.90. The van der Waals surface area contributed by atoms with Gasteiger partial charge in [0.05, 0.1) is 11.0 Å². The first-order chi connectivity index (χ1) is 28.5. The SMILES string of the molecule is CC1(C)c2cc(-c3ccc4ccc5c6ccccc6ccc5c4c3)ccc2-c2ccc(-n3c4ccc(-c5ccccc5)cc4c4cc(-c5ccccc5)ccc43)cc21. The van der Waals surface area contributed by atoms with Gasteiger partial charge in [-0.25, -0.2) is 0 Å². The zero-order valence-corrected chi connectivity index (χ0v) is 32.5. The minimum absolute atomic E-state index is 0.182. The van der Waals surface area contributed by atoms with E-state index in [9.17, 15) is 0 Å². The maximum Gasteiger partial charge on any atom is 0.0541 e. The number of benzene rings is 10. The molecule has 12 rings (SSSR count). The molecule has 0 bridgehead atoms. The van der Waals surface area contributed by atoms with E-state index in [2.05, 4.69) is 219 Å². The van der Waals surface area contributed by atoms with Crippen LogP contribution in [0.4, 0.5) is 0 Å². The van der Waals surface area contributed by atoms with Gasteiger partial charge in [-0.05, 0) is 136 Å². The molecule has 1 aromatic heterocycles. The summed E-state index contributed by atoms with van der Waals surface area (Å²) < 4.78 is 2.47. The molecule has 10 aromatic carbocycles. The van der Waals surface area contributed by atoms with Gasteiger partial charge < -0.3 is 4.57 Å². The maximum atomic E-state index is 2.47. The fraction of sp³-hybridized carbons (Fsp3) is 0.0526.